The molecule has 124 valence electrons. The highest BCUT2D eigenvalue weighted by Gasteiger charge is 2.23. The third-order valence-electron chi connectivity index (χ3n) is 4.65. The van der Waals surface area contributed by atoms with Gasteiger partial charge in [-0.1, -0.05) is 35.4 Å². The molecule has 0 radical (unpaired) electrons. The monoisotopic (exact) mass is 320 g/mol. The first-order valence-corrected chi connectivity index (χ1v) is 8.28. The molecule has 4 nitrogen and oxygen atoms in total. The Morgan fingerprint density at radius 1 is 0.958 bits per heavy atom. The normalized spacial score (nSPS) is 14.2. The highest BCUT2D eigenvalue weighted by Crippen LogP contribution is 2.30. The predicted octanol–water partition coefficient (Wildman–Crippen LogP) is 4.49. The number of aryl methyl sites for hydroxylation is 2. The number of allylic oxidation sites excluding steroid dienone is 4. The molecule has 0 saturated heterocycles. The van der Waals surface area contributed by atoms with Crippen molar-refractivity contribution < 1.29 is 0 Å². The van der Waals surface area contributed by atoms with Crippen LogP contribution in [-0.2, 0) is 6.54 Å². The van der Waals surface area contributed by atoms with Crippen LogP contribution in [0.1, 0.15) is 50.5 Å². The summed E-state index contributed by atoms with van der Waals surface area (Å²) >= 11 is 0. The van der Waals surface area contributed by atoms with E-state index in [2.05, 4.69) is 73.6 Å². The lowest BCUT2D eigenvalue weighted by molar-refractivity contribution is 0.867. The highest BCUT2D eigenvalue weighted by molar-refractivity contribution is 6.18. The van der Waals surface area contributed by atoms with E-state index in [-0.39, 0.29) is 0 Å². The summed E-state index contributed by atoms with van der Waals surface area (Å²) in [4.78, 5) is 4.91. The summed E-state index contributed by atoms with van der Waals surface area (Å²) in [6, 6.07) is 8.58. The van der Waals surface area contributed by atoms with Gasteiger partial charge in [-0.2, -0.15) is 0 Å². The number of aromatic nitrogens is 3. The molecule has 0 amide bonds. The third kappa shape index (κ3) is 2.73. The SMILES string of the molecule is CC(C)=C(C)C1=C(C)n2c(C)nnc2CN=C1c1ccc(C)cc1. The maximum atomic E-state index is 4.91. The summed E-state index contributed by atoms with van der Waals surface area (Å²) in [6.45, 7) is 13.2. The number of hydrogen-bond donors (Lipinski definition) is 0. The van der Waals surface area contributed by atoms with Crippen molar-refractivity contribution in [1.82, 2.24) is 14.8 Å². The fourth-order valence-corrected chi connectivity index (χ4v) is 3.10. The van der Waals surface area contributed by atoms with Crippen LogP contribution in [0, 0.1) is 13.8 Å². The Labute approximate surface area is 143 Å². The molecular weight excluding hydrogens is 296 g/mol. The van der Waals surface area contributed by atoms with Crippen LogP contribution in [-0.4, -0.2) is 20.5 Å². The van der Waals surface area contributed by atoms with Gasteiger partial charge >= 0.3 is 0 Å². The Hall–Kier alpha value is -2.49. The van der Waals surface area contributed by atoms with Crippen molar-refractivity contribution in [3.8, 4) is 0 Å². The number of benzene rings is 1. The smallest absolute Gasteiger partial charge is 0.159 e. The van der Waals surface area contributed by atoms with Gasteiger partial charge in [0.05, 0.1) is 5.71 Å². The van der Waals surface area contributed by atoms with Crippen LogP contribution in [0.3, 0.4) is 0 Å². The van der Waals surface area contributed by atoms with Crippen LogP contribution in [0.5, 0.6) is 0 Å². The molecule has 1 aromatic carbocycles. The number of hydrogen-bond acceptors (Lipinski definition) is 3. The quantitative estimate of drug-likeness (QED) is 0.818. The van der Waals surface area contributed by atoms with Gasteiger partial charge in [0.1, 0.15) is 12.4 Å². The van der Waals surface area contributed by atoms with Gasteiger partial charge in [-0.3, -0.25) is 9.56 Å². The van der Waals surface area contributed by atoms with E-state index in [9.17, 15) is 0 Å². The highest BCUT2D eigenvalue weighted by atomic mass is 15.3. The maximum Gasteiger partial charge on any atom is 0.159 e. The molecule has 0 fully saturated rings. The molecule has 0 atom stereocenters. The van der Waals surface area contributed by atoms with Crippen LogP contribution in [0.25, 0.3) is 5.70 Å². The van der Waals surface area contributed by atoms with Gasteiger partial charge < -0.3 is 0 Å². The second-order valence-corrected chi connectivity index (χ2v) is 6.62. The molecule has 2 heterocycles. The summed E-state index contributed by atoms with van der Waals surface area (Å²) in [7, 11) is 0. The van der Waals surface area contributed by atoms with E-state index in [0.29, 0.717) is 6.54 Å². The Bertz CT molecular complexity index is 873. The molecule has 0 unspecified atom stereocenters. The molecule has 1 aromatic heterocycles. The lowest BCUT2D eigenvalue weighted by Crippen LogP contribution is -2.11. The first kappa shape index (κ1) is 16.4. The number of aliphatic imine (C=N–C) groups is 1. The van der Waals surface area contributed by atoms with E-state index in [1.165, 1.54) is 22.3 Å². The lowest BCUT2D eigenvalue weighted by Gasteiger charge is -2.17. The first-order chi connectivity index (χ1) is 11.4. The van der Waals surface area contributed by atoms with E-state index in [1.54, 1.807) is 0 Å². The number of fused-ring (bicyclic) bond motifs is 1. The third-order valence-corrected chi connectivity index (χ3v) is 4.65. The van der Waals surface area contributed by atoms with Crippen molar-refractivity contribution in [1.29, 1.82) is 0 Å². The predicted molar refractivity (Wildman–Crippen MR) is 99.1 cm³/mol. The van der Waals surface area contributed by atoms with E-state index in [0.717, 1.165) is 28.6 Å². The average Bonchev–Trinajstić information content (AvgIpc) is 2.84. The summed E-state index contributed by atoms with van der Waals surface area (Å²) in [6.07, 6.45) is 0. The minimum absolute atomic E-state index is 0.543. The summed E-state index contributed by atoms with van der Waals surface area (Å²) in [5.41, 5.74) is 8.31. The fourth-order valence-electron chi connectivity index (χ4n) is 3.10. The van der Waals surface area contributed by atoms with Gasteiger partial charge in [0.25, 0.3) is 0 Å². The molecule has 2 aromatic rings. The van der Waals surface area contributed by atoms with Crippen molar-refractivity contribution in [2.24, 2.45) is 4.99 Å². The van der Waals surface area contributed by atoms with Gasteiger partial charge in [-0.05, 0) is 47.1 Å². The molecule has 0 aliphatic carbocycles. The van der Waals surface area contributed by atoms with Gasteiger partial charge in [0, 0.05) is 16.8 Å². The van der Waals surface area contributed by atoms with Crippen molar-refractivity contribution in [3.05, 3.63) is 63.8 Å². The zero-order chi connectivity index (χ0) is 17.4. The topological polar surface area (TPSA) is 43.1 Å². The van der Waals surface area contributed by atoms with Crippen LogP contribution in [0.15, 0.2) is 46.0 Å². The number of rotatable bonds is 2. The standard InChI is InChI=1S/C20H24N4/c1-12(2)14(4)19-15(5)24-16(6)22-23-18(24)11-21-20(19)17-9-7-13(3)8-10-17/h7-10H,11H2,1-6H3. The van der Waals surface area contributed by atoms with Gasteiger partial charge in [0.15, 0.2) is 5.82 Å². The van der Waals surface area contributed by atoms with Gasteiger partial charge in [-0.15, -0.1) is 10.2 Å². The summed E-state index contributed by atoms with van der Waals surface area (Å²) in [5, 5.41) is 8.54. The minimum Gasteiger partial charge on any atom is -0.285 e. The molecule has 0 saturated carbocycles. The Kier molecular flexibility index (Phi) is 4.22. The van der Waals surface area contributed by atoms with Crippen LogP contribution in [0.4, 0.5) is 0 Å². The summed E-state index contributed by atoms with van der Waals surface area (Å²) < 4.78 is 2.13. The van der Waals surface area contributed by atoms with E-state index >= 15 is 0 Å². The molecule has 4 heteroatoms. The minimum atomic E-state index is 0.543. The van der Waals surface area contributed by atoms with Crippen LogP contribution < -0.4 is 0 Å². The molecule has 24 heavy (non-hydrogen) atoms. The average molecular weight is 320 g/mol. The maximum absolute atomic E-state index is 4.91. The largest absolute Gasteiger partial charge is 0.285 e. The first-order valence-electron chi connectivity index (χ1n) is 8.28. The second-order valence-electron chi connectivity index (χ2n) is 6.62. The Morgan fingerprint density at radius 2 is 1.62 bits per heavy atom. The lowest BCUT2D eigenvalue weighted by atomic mass is 9.92. The molecular formula is C20H24N4. The van der Waals surface area contributed by atoms with E-state index < -0.39 is 0 Å². The van der Waals surface area contributed by atoms with Gasteiger partial charge in [0.2, 0.25) is 0 Å². The van der Waals surface area contributed by atoms with Crippen molar-refractivity contribution >= 4 is 11.4 Å². The molecule has 1 aliphatic rings. The molecule has 3 rings (SSSR count). The number of nitrogens with zero attached hydrogens (tertiary/aromatic N) is 4. The molecule has 0 bridgehead atoms. The zero-order valence-electron chi connectivity index (χ0n) is 15.3. The van der Waals surface area contributed by atoms with Crippen LogP contribution in [0.2, 0.25) is 0 Å². The second kappa shape index (κ2) is 6.19. The molecule has 0 N–H and O–H groups in total. The summed E-state index contributed by atoms with van der Waals surface area (Å²) in [5.74, 6) is 1.80. The van der Waals surface area contributed by atoms with Crippen LogP contribution >= 0.6 is 0 Å². The van der Waals surface area contributed by atoms with Crippen molar-refractivity contribution in [2.75, 3.05) is 0 Å². The Morgan fingerprint density at radius 3 is 2.25 bits per heavy atom. The molecule has 0 spiro atoms. The fraction of sp³-hybridized carbons (Fsp3) is 0.350. The van der Waals surface area contributed by atoms with E-state index in [1.807, 2.05) is 6.92 Å². The Balaban J connectivity index is 2.29. The molecule has 1 aliphatic heterocycles. The van der Waals surface area contributed by atoms with E-state index in [4.69, 9.17) is 4.99 Å². The zero-order valence-corrected chi connectivity index (χ0v) is 15.3. The van der Waals surface area contributed by atoms with Crippen molar-refractivity contribution in [2.45, 2.75) is 48.1 Å². The van der Waals surface area contributed by atoms with Crippen molar-refractivity contribution in [3.63, 3.8) is 0 Å². The van der Waals surface area contributed by atoms with Gasteiger partial charge in [-0.25, -0.2) is 0 Å².